The van der Waals surface area contributed by atoms with Crippen molar-refractivity contribution >= 4 is 28.5 Å². The van der Waals surface area contributed by atoms with Gasteiger partial charge in [-0.1, -0.05) is 84.0 Å². The molecule has 17 heteroatoms. The third-order valence-corrected chi connectivity index (χ3v) is 21.8. The Kier molecular flexibility index (Phi) is 18.0. The van der Waals surface area contributed by atoms with Crippen LogP contribution in [0.3, 0.4) is 0 Å². The number of nitrogens with one attached hydrogen (secondary N) is 2. The maximum absolute atomic E-state index is 14.6. The zero-order chi connectivity index (χ0) is 48.7. The molecule has 362 valence electrons. The van der Waals surface area contributed by atoms with Gasteiger partial charge in [0.1, 0.15) is 41.8 Å². The number of ether oxygens (including phenoxy) is 3. The monoisotopic (exact) mass is 940 g/mol. The van der Waals surface area contributed by atoms with Gasteiger partial charge < -0.3 is 44.5 Å². The van der Waals surface area contributed by atoms with E-state index in [2.05, 4.69) is 78.4 Å². The van der Waals surface area contributed by atoms with Gasteiger partial charge in [0.2, 0.25) is 5.91 Å². The number of aryl methyl sites for hydroxylation is 1. The molecule has 2 aromatic carbocycles. The van der Waals surface area contributed by atoms with Crippen LogP contribution < -0.4 is 32.4 Å². The van der Waals surface area contributed by atoms with Gasteiger partial charge in [-0.05, 0) is 106 Å². The summed E-state index contributed by atoms with van der Waals surface area (Å²) in [6, 6.07) is 16.2. The van der Waals surface area contributed by atoms with E-state index in [1.54, 1.807) is 52.1 Å². The molecule has 1 saturated heterocycles. The molecule has 0 bridgehead atoms. The third kappa shape index (κ3) is 14.3. The van der Waals surface area contributed by atoms with Gasteiger partial charge in [-0.2, -0.15) is 0 Å². The minimum absolute atomic E-state index is 0.0242. The molecule has 2 heterocycles. The van der Waals surface area contributed by atoms with Crippen LogP contribution in [-0.2, 0) is 40.9 Å². The number of rotatable bonds is 20. The number of carbonyl (C=O) groups excluding carboxylic acids is 2. The molecule has 1 unspecified atom stereocenters. The number of hydrogen-bond donors (Lipinski definition) is 4. The highest BCUT2D eigenvalue weighted by atomic mass is 28.4. The number of methoxy groups -OCH3 is 1. The van der Waals surface area contributed by atoms with Crippen molar-refractivity contribution in [1.29, 1.82) is 0 Å². The fraction of sp³-hybridized carbons (Fsp3) is 0.625. The van der Waals surface area contributed by atoms with Crippen LogP contribution in [0.4, 0.5) is 0 Å². The van der Waals surface area contributed by atoms with E-state index in [9.17, 15) is 24.3 Å². The normalized spacial score (nSPS) is 19.9. The van der Waals surface area contributed by atoms with Crippen molar-refractivity contribution in [2.24, 2.45) is 5.73 Å². The van der Waals surface area contributed by atoms with E-state index < -0.39 is 82.2 Å². The Morgan fingerprint density at radius 2 is 1.42 bits per heavy atom. The zero-order valence-corrected chi connectivity index (χ0v) is 43.2. The summed E-state index contributed by atoms with van der Waals surface area (Å²) in [6.07, 6.45) is -3.01. The van der Waals surface area contributed by atoms with Crippen LogP contribution in [0.2, 0.25) is 36.3 Å². The summed E-state index contributed by atoms with van der Waals surface area (Å²) in [6.45, 7) is 26.6. The Balaban J connectivity index is 1.73. The molecule has 1 aromatic heterocycles. The number of esters is 1. The van der Waals surface area contributed by atoms with E-state index in [4.69, 9.17) is 28.8 Å². The largest absolute Gasteiger partial charge is 0.497 e. The summed E-state index contributed by atoms with van der Waals surface area (Å²) in [5, 5.41) is 18.1. The number of hydrogen-bond acceptors (Lipinski definition) is 12. The van der Waals surface area contributed by atoms with Crippen LogP contribution in [0.25, 0.3) is 0 Å². The van der Waals surface area contributed by atoms with Gasteiger partial charge in [-0.25, -0.2) is 4.79 Å². The van der Waals surface area contributed by atoms with Crippen molar-refractivity contribution in [2.75, 3.05) is 20.2 Å². The van der Waals surface area contributed by atoms with Crippen LogP contribution >= 0.6 is 0 Å². The lowest BCUT2D eigenvalue weighted by molar-refractivity contribution is -0.166. The first kappa shape index (κ1) is 53.7. The smallest absolute Gasteiger partial charge is 0.333 e. The van der Waals surface area contributed by atoms with Crippen molar-refractivity contribution in [2.45, 2.75) is 173 Å². The molecule has 0 spiro atoms. The topological polar surface area (TPSA) is 195 Å². The molecule has 15 nitrogen and oxygen atoms in total. The molecular weight excluding hydrogens is 863 g/mol. The summed E-state index contributed by atoms with van der Waals surface area (Å²) in [5.74, 6) is -0.365. The SMILES string of the molecule is COc1ccc(Cn2c(=O)ccn([C@@H]3OC([C@H](O)[C@H](NCCCNC(=O)[C@H](N)CCc4ccccc4)C(=O)OC(C)(C)C)[C@@H](O[Si](C)(C)C(C)(C)C)[C@H]3O[Si](C)(C)C(C)(C)C)c2=O)cc1. The molecule has 1 aliphatic rings. The average molecular weight is 940 g/mol. The predicted molar refractivity (Wildman–Crippen MR) is 259 cm³/mol. The molecule has 1 aliphatic heterocycles. The van der Waals surface area contributed by atoms with Gasteiger partial charge in [0.05, 0.1) is 19.7 Å². The van der Waals surface area contributed by atoms with Gasteiger partial charge in [-0.15, -0.1) is 0 Å². The van der Waals surface area contributed by atoms with Crippen molar-refractivity contribution in [3.05, 3.63) is 98.8 Å². The minimum Gasteiger partial charge on any atom is -0.497 e. The molecule has 0 radical (unpaired) electrons. The molecule has 7 atom stereocenters. The zero-order valence-electron chi connectivity index (χ0n) is 41.2. The van der Waals surface area contributed by atoms with Gasteiger partial charge in [0.25, 0.3) is 5.56 Å². The fourth-order valence-corrected chi connectivity index (χ4v) is 9.51. The van der Waals surface area contributed by atoms with Gasteiger partial charge in [-0.3, -0.25) is 23.5 Å². The Bertz CT molecular complexity index is 2140. The van der Waals surface area contributed by atoms with E-state index >= 15 is 0 Å². The van der Waals surface area contributed by atoms with Crippen LogP contribution in [0.5, 0.6) is 5.75 Å². The number of nitrogens with zero attached hydrogens (tertiary/aromatic N) is 2. The van der Waals surface area contributed by atoms with Crippen LogP contribution in [0.15, 0.2) is 76.4 Å². The second-order valence-corrected chi connectivity index (χ2v) is 30.7. The lowest BCUT2D eigenvalue weighted by Crippen LogP contribution is -2.59. The van der Waals surface area contributed by atoms with Gasteiger partial charge >= 0.3 is 11.7 Å². The Hall–Kier alpha value is -3.95. The van der Waals surface area contributed by atoms with E-state index in [1.807, 2.05) is 30.3 Å². The maximum Gasteiger partial charge on any atom is 0.333 e. The second-order valence-electron chi connectivity index (χ2n) is 21.2. The van der Waals surface area contributed by atoms with Crippen molar-refractivity contribution in [3.8, 4) is 5.75 Å². The fourth-order valence-electron chi connectivity index (χ4n) is 6.93. The average Bonchev–Trinajstić information content (AvgIpc) is 3.54. The van der Waals surface area contributed by atoms with Crippen LogP contribution in [-0.4, -0.2) is 105 Å². The lowest BCUT2D eigenvalue weighted by Gasteiger charge is -2.44. The summed E-state index contributed by atoms with van der Waals surface area (Å²) < 4.78 is 35.0. The van der Waals surface area contributed by atoms with Crippen LogP contribution in [0, 0.1) is 0 Å². The summed E-state index contributed by atoms with van der Waals surface area (Å²) in [5.41, 5.74) is 5.96. The number of nitrogens with two attached hydrogens (primary N) is 1. The van der Waals surface area contributed by atoms with Crippen molar-refractivity contribution in [3.63, 3.8) is 0 Å². The summed E-state index contributed by atoms with van der Waals surface area (Å²) >= 11 is 0. The summed E-state index contributed by atoms with van der Waals surface area (Å²) in [7, 11) is -3.87. The van der Waals surface area contributed by atoms with Crippen molar-refractivity contribution < 1.29 is 37.8 Å². The molecule has 4 rings (SSSR count). The summed E-state index contributed by atoms with van der Waals surface area (Å²) in [4.78, 5) is 55.0. The number of benzene rings is 2. The molecule has 1 amide bonds. The molecule has 1 fully saturated rings. The lowest BCUT2D eigenvalue weighted by atomic mass is 9.99. The molecule has 0 saturated carbocycles. The first-order valence-corrected chi connectivity index (χ1v) is 28.6. The van der Waals surface area contributed by atoms with Gasteiger partial charge in [0, 0.05) is 18.8 Å². The predicted octanol–water partition coefficient (Wildman–Crippen LogP) is 5.87. The van der Waals surface area contributed by atoms with E-state index in [1.165, 1.54) is 16.8 Å². The molecule has 65 heavy (non-hydrogen) atoms. The van der Waals surface area contributed by atoms with Gasteiger partial charge in [0.15, 0.2) is 22.9 Å². The highest BCUT2D eigenvalue weighted by Gasteiger charge is 2.57. The highest BCUT2D eigenvalue weighted by molar-refractivity contribution is 6.74. The number of aliphatic hydroxyl groups excluding tert-OH is 1. The quantitative estimate of drug-likeness (QED) is 0.0599. The Morgan fingerprint density at radius 3 is 1.97 bits per heavy atom. The molecular formula is C48H77N5O10Si2. The Labute approximate surface area is 388 Å². The standard InChI is InChI=1S/C48H77N5O10Si2/c1-46(2,3)61-44(57)37(50-28-18-29-51-42(56)35(49)26-23-32-19-16-15-17-20-32)38(55)39-40(62-64(11,12)47(4,5)6)41(63-65(13,14)48(7,8)9)43(60-39)52-30-27-36(54)53(45(52)58)31-33-21-24-34(59-10)25-22-33/h15-17,19-22,24-25,27,30,35,37-41,43,50,55H,18,23,26,28-29,31,49H2,1-14H3,(H,51,56)/t35-,37+,38-,39?,40-,41-,43-/m1/s1. The highest BCUT2D eigenvalue weighted by Crippen LogP contribution is 2.46. The van der Waals surface area contributed by atoms with E-state index in [0.717, 1.165) is 10.1 Å². The molecule has 0 aliphatic carbocycles. The number of aliphatic hydroxyl groups is 1. The number of aromatic nitrogens is 2. The Morgan fingerprint density at radius 1 is 0.831 bits per heavy atom. The number of carbonyl (C=O) groups is 2. The third-order valence-electron chi connectivity index (χ3n) is 12.8. The molecule has 3 aromatic rings. The first-order chi connectivity index (χ1) is 30.1. The second kappa shape index (κ2) is 21.8. The molecule has 5 N–H and O–H groups in total. The van der Waals surface area contributed by atoms with Crippen LogP contribution in [0.1, 0.15) is 92.5 Å². The van der Waals surface area contributed by atoms with E-state index in [0.29, 0.717) is 30.6 Å². The minimum atomic E-state index is -2.72. The maximum atomic E-state index is 14.6. The van der Waals surface area contributed by atoms with E-state index in [-0.39, 0.29) is 35.6 Å². The number of amides is 1. The first-order valence-electron chi connectivity index (χ1n) is 22.7. The van der Waals surface area contributed by atoms with Crippen molar-refractivity contribution in [1.82, 2.24) is 19.8 Å².